The van der Waals surface area contributed by atoms with Gasteiger partial charge in [-0.3, -0.25) is 9.59 Å². The predicted molar refractivity (Wildman–Crippen MR) is 103 cm³/mol. The van der Waals surface area contributed by atoms with Gasteiger partial charge in [-0.1, -0.05) is 13.8 Å². The number of anilines is 1. The number of ether oxygens (including phenoxy) is 1. The van der Waals surface area contributed by atoms with Crippen molar-refractivity contribution in [3.05, 3.63) is 58.3 Å². The van der Waals surface area contributed by atoms with Crippen LogP contribution in [0.15, 0.2) is 47.2 Å². The Morgan fingerprint density at radius 2 is 1.77 bits per heavy atom. The molecule has 1 aromatic heterocycles. The van der Waals surface area contributed by atoms with Crippen LogP contribution in [-0.2, 0) is 14.3 Å². The highest BCUT2D eigenvalue weighted by atomic mass is 32.1. The molecule has 1 heterocycles. The first kappa shape index (κ1) is 19.6. The van der Waals surface area contributed by atoms with Crippen molar-refractivity contribution in [2.24, 2.45) is 5.92 Å². The quantitative estimate of drug-likeness (QED) is 0.450. The van der Waals surface area contributed by atoms with Crippen LogP contribution in [0.1, 0.15) is 36.7 Å². The third-order valence-electron chi connectivity index (χ3n) is 3.58. The summed E-state index contributed by atoms with van der Waals surface area (Å²) in [4.78, 5) is 35.9. The van der Waals surface area contributed by atoms with Crippen LogP contribution < -0.4 is 5.32 Å². The Kier molecular flexibility index (Phi) is 6.86. The van der Waals surface area contributed by atoms with E-state index in [1.165, 1.54) is 24.3 Å². The summed E-state index contributed by atoms with van der Waals surface area (Å²) in [7, 11) is 0. The van der Waals surface area contributed by atoms with Gasteiger partial charge in [-0.05, 0) is 59.7 Å². The number of Topliss-reactive ketones (excluding diaryl/α,β-unsaturated/α-hetero) is 1. The Labute approximate surface area is 156 Å². The Morgan fingerprint density at radius 1 is 1.08 bits per heavy atom. The van der Waals surface area contributed by atoms with E-state index in [1.54, 1.807) is 44.2 Å². The highest BCUT2D eigenvalue weighted by Gasteiger charge is 2.18. The molecule has 1 atom stereocenters. The van der Waals surface area contributed by atoms with Gasteiger partial charge in [-0.2, -0.15) is 11.3 Å². The first-order valence-electron chi connectivity index (χ1n) is 8.23. The van der Waals surface area contributed by atoms with Crippen molar-refractivity contribution in [1.82, 2.24) is 0 Å². The molecule has 1 aromatic carbocycles. The maximum atomic E-state index is 12.4. The molecule has 0 bridgehead atoms. The van der Waals surface area contributed by atoms with Crippen LogP contribution in [0.5, 0.6) is 0 Å². The van der Waals surface area contributed by atoms with E-state index in [2.05, 4.69) is 5.32 Å². The number of hydrogen-bond donors (Lipinski definition) is 1. The summed E-state index contributed by atoms with van der Waals surface area (Å²) >= 11 is 1.53. The van der Waals surface area contributed by atoms with Gasteiger partial charge in [0.05, 0.1) is 0 Å². The highest BCUT2D eigenvalue weighted by Crippen LogP contribution is 2.14. The molecule has 2 aromatic rings. The molecule has 0 aliphatic rings. The van der Waals surface area contributed by atoms with Gasteiger partial charge in [0.2, 0.25) is 11.7 Å². The molecule has 136 valence electrons. The van der Waals surface area contributed by atoms with Crippen LogP contribution in [-0.4, -0.2) is 23.8 Å². The van der Waals surface area contributed by atoms with E-state index in [4.69, 9.17) is 4.74 Å². The van der Waals surface area contributed by atoms with Crippen LogP contribution in [0, 0.1) is 5.92 Å². The molecule has 1 N–H and O–H groups in total. The van der Waals surface area contributed by atoms with E-state index in [1.807, 2.05) is 16.8 Å². The molecule has 0 saturated carbocycles. The van der Waals surface area contributed by atoms with Crippen molar-refractivity contribution >= 4 is 40.8 Å². The summed E-state index contributed by atoms with van der Waals surface area (Å²) in [5.74, 6) is -1.09. The molecule has 0 spiro atoms. The van der Waals surface area contributed by atoms with Gasteiger partial charge in [0.15, 0.2) is 6.10 Å². The van der Waals surface area contributed by atoms with Gasteiger partial charge >= 0.3 is 5.97 Å². The normalized spacial score (nSPS) is 12.2. The number of rotatable bonds is 7. The number of thiophene rings is 1. The Morgan fingerprint density at radius 3 is 2.35 bits per heavy atom. The first-order chi connectivity index (χ1) is 12.4. The lowest BCUT2D eigenvalue weighted by Gasteiger charge is -2.12. The Bertz CT molecular complexity index is 792. The molecule has 2 rings (SSSR count). The molecule has 5 nitrogen and oxygen atoms in total. The molecular formula is C20H21NO4S. The summed E-state index contributed by atoms with van der Waals surface area (Å²) in [6.07, 6.45) is 2.05. The zero-order valence-corrected chi connectivity index (χ0v) is 15.7. The number of esters is 1. The number of nitrogens with one attached hydrogen (secondary N) is 1. The van der Waals surface area contributed by atoms with E-state index in [0.29, 0.717) is 11.3 Å². The van der Waals surface area contributed by atoms with Gasteiger partial charge in [0.25, 0.3) is 0 Å². The maximum Gasteiger partial charge on any atom is 0.331 e. The smallest absolute Gasteiger partial charge is 0.331 e. The third kappa shape index (κ3) is 5.67. The second-order valence-electron chi connectivity index (χ2n) is 6.05. The third-order valence-corrected chi connectivity index (χ3v) is 4.28. The van der Waals surface area contributed by atoms with E-state index >= 15 is 0 Å². The molecule has 0 unspecified atom stereocenters. The predicted octanol–water partition coefficient (Wildman–Crippen LogP) is 4.17. The molecule has 0 aliphatic carbocycles. The molecule has 6 heteroatoms. The van der Waals surface area contributed by atoms with Crippen LogP contribution in [0.25, 0.3) is 6.08 Å². The molecule has 0 radical (unpaired) electrons. The zero-order valence-electron chi connectivity index (χ0n) is 14.9. The summed E-state index contributed by atoms with van der Waals surface area (Å²) in [6.45, 7) is 5.14. The van der Waals surface area contributed by atoms with E-state index in [9.17, 15) is 14.4 Å². The van der Waals surface area contributed by atoms with Gasteiger partial charge in [-0.15, -0.1) is 0 Å². The molecule has 1 amide bonds. The summed E-state index contributed by atoms with van der Waals surface area (Å²) in [5.41, 5.74) is 1.93. The minimum absolute atomic E-state index is 0.0937. The highest BCUT2D eigenvalue weighted by molar-refractivity contribution is 7.08. The van der Waals surface area contributed by atoms with Crippen molar-refractivity contribution in [3.63, 3.8) is 0 Å². The molecular weight excluding hydrogens is 350 g/mol. The monoisotopic (exact) mass is 371 g/mol. The van der Waals surface area contributed by atoms with Crippen LogP contribution in [0.4, 0.5) is 5.69 Å². The minimum Gasteiger partial charge on any atom is -0.451 e. The minimum atomic E-state index is -0.897. The second-order valence-corrected chi connectivity index (χ2v) is 6.83. The van der Waals surface area contributed by atoms with Gasteiger partial charge in [0, 0.05) is 23.2 Å². The number of carbonyl (C=O) groups excluding carboxylic acids is 3. The summed E-state index contributed by atoms with van der Waals surface area (Å²) in [6, 6.07) is 8.38. The molecule has 0 aliphatic heterocycles. The summed E-state index contributed by atoms with van der Waals surface area (Å²) < 4.78 is 5.15. The molecule has 0 saturated heterocycles. The standard InChI is InChI=1S/C20H21NO4S/c1-13(2)20(24)21-17-7-5-16(6-8-17)19(23)14(3)25-18(22)9-4-15-10-11-26-12-15/h4-14H,1-3H3,(H,21,24)/b9-4+/t14-/m1/s1. The maximum absolute atomic E-state index is 12.4. The van der Waals surface area contributed by atoms with Gasteiger partial charge < -0.3 is 10.1 Å². The molecule has 26 heavy (non-hydrogen) atoms. The topological polar surface area (TPSA) is 72.5 Å². The van der Waals surface area contributed by atoms with Crippen LogP contribution in [0.3, 0.4) is 0 Å². The SMILES string of the molecule is CC(C)C(=O)Nc1ccc(C(=O)[C@@H](C)OC(=O)/C=C/c2ccsc2)cc1. The van der Waals surface area contributed by atoms with Crippen molar-refractivity contribution in [1.29, 1.82) is 0 Å². The Hall–Kier alpha value is -2.73. The van der Waals surface area contributed by atoms with Crippen LogP contribution >= 0.6 is 11.3 Å². The lowest BCUT2D eigenvalue weighted by Crippen LogP contribution is -2.23. The lowest BCUT2D eigenvalue weighted by molar-refractivity contribution is -0.140. The largest absolute Gasteiger partial charge is 0.451 e. The van der Waals surface area contributed by atoms with Crippen molar-refractivity contribution in [2.75, 3.05) is 5.32 Å². The van der Waals surface area contributed by atoms with Crippen molar-refractivity contribution in [3.8, 4) is 0 Å². The van der Waals surface area contributed by atoms with E-state index < -0.39 is 12.1 Å². The van der Waals surface area contributed by atoms with Crippen molar-refractivity contribution in [2.45, 2.75) is 26.9 Å². The number of benzene rings is 1. The zero-order chi connectivity index (χ0) is 19.1. The summed E-state index contributed by atoms with van der Waals surface area (Å²) in [5, 5.41) is 6.56. The average molecular weight is 371 g/mol. The van der Waals surface area contributed by atoms with Crippen LogP contribution in [0.2, 0.25) is 0 Å². The lowest BCUT2D eigenvalue weighted by atomic mass is 10.1. The molecule has 0 fully saturated rings. The fourth-order valence-corrected chi connectivity index (χ4v) is 2.67. The number of hydrogen-bond acceptors (Lipinski definition) is 5. The Balaban J connectivity index is 1.92. The fraction of sp³-hybridized carbons (Fsp3) is 0.250. The average Bonchev–Trinajstić information content (AvgIpc) is 3.13. The van der Waals surface area contributed by atoms with E-state index in [0.717, 1.165) is 5.56 Å². The van der Waals surface area contributed by atoms with Gasteiger partial charge in [0.1, 0.15) is 0 Å². The first-order valence-corrected chi connectivity index (χ1v) is 9.17. The van der Waals surface area contributed by atoms with Gasteiger partial charge in [-0.25, -0.2) is 4.79 Å². The number of carbonyl (C=O) groups is 3. The number of amides is 1. The fourth-order valence-electron chi connectivity index (χ4n) is 2.04. The van der Waals surface area contributed by atoms with E-state index in [-0.39, 0.29) is 17.6 Å². The second kappa shape index (κ2) is 9.10. The number of ketones is 1. The van der Waals surface area contributed by atoms with Crippen molar-refractivity contribution < 1.29 is 19.1 Å².